The summed E-state index contributed by atoms with van der Waals surface area (Å²) in [5.74, 6) is -2.48. The Morgan fingerprint density at radius 1 is 1.10 bits per heavy atom. The molecule has 1 aromatic carbocycles. The molecular formula is C14H12N2O5. The van der Waals surface area contributed by atoms with Gasteiger partial charge in [0.1, 0.15) is 0 Å². The average molecular weight is 288 g/mol. The topological polar surface area (TPSA) is 109 Å². The number of carboxylic acids is 2. The summed E-state index contributed by atoms with van der Waals surface area (Å²) in [6.45, 7) is 3.30. The molecule has 0 aliphatic rings. The van der Waals surface area contributed by atoms with Crippen molar-refractivity contribution in [1.82, 2.24) is 9.78 Å². The van der Waals surface area contributed by atoms with E-state index >= 15 is 0 Å². The quantitative estimate of drug-likeness (QED) is 0.828. The predicted octanol–water partition coefficient (Wildman–Crippen LogP) is 1.70. The van der Waals surface area contributed by atoms with Gasteiger partial charge in [0.2, 0.25) is 0 Å². The van der Waals surface area contributed by atoms with Crippen molar-refractivity contribution < 1.29 is 24.6 Å². The van der Waals surface area contributed by atoms with Gasteiger partial charge in [-0.15, -0.1) is 0 Å². The summed E-state index contributed by atoms with van der Waals surface area (Å²) < 4.78 is 1.36. The summed E-state index contributed by atoms with van der Waals surface area (Å²) in [7, 11) is 0. The summed E-state index contributed by atoms with van der Waals surface area (Å²) >= 11 is 0. The predicted molar refractivity (Wildman–Crippen MR) is 72.3 cm³/mol. The highest BCUT2D eigenvalue weighted by Crippen LogP contribution is 2.19. The largest absolute Gasteiger partial charge is 0.478 e. The fourth-order valence-corrected chi connectivity index (χ4v) is 2.06. The maximum Gasteiger partial charge on any atom is 0.335 e. The molecule has 2 aromatic rings. The van der Waals surface area contributed by atoms with E-state index in [1.165, 1.54) is 16.8 Å². The third kappa shape index (κ3) is 2.53. The van der Waals surface area contributed by atoms with Gasteiger partial charge in [-0.2, -0.15) is 5.10 Å². The minimum Gasteiger partial charge on any atom is -0.478 e. The number of carbonyl (C=O) groups excluding carboxylic acids is 1. The van der Waals surface area contributed by atoms with Crippen molar-refractivity contribution in [3.05, 3.63) is 46.3 Å². The Balaban J connectivity index is 2.71. The number of carbonyl (C=O) groups is 3. The Kier molecular flexibility index (Phi) is 3.58. The van der Waals surface area contributed by atoms with E-state index in [1.54, 1.807) is 13.8 Å². The van der Waals surface area contributed by atoms with Crippen LogP contribution in [0.3, 0.4) is 0 Å². The molecule has 0 atom stereocenters. The average Bonchev–Trinajstić information content (AvgIpc) is 2.72. The fourth-order valence-electron chi connectivity index (χ4n) is 2.06. The third-order valence-electron chi connectivity index (χ3n) is 3.12. The van der Waals surface area contributed by atoms with E-state index in [9.17, 15) is 14.4 Å². The maximum absolute atomic E-state index is 11.1. The summed E-state index contributed by atoms with van der Waals surface area (Å²) in [5, 5.41) is 22.3. The second-order valence-corrected chi connectivity index (χ2v) is 4.49. The Bertz CT molecular complexity index is 729. The minimum absolute atomic E-state index is 0.162. The fraction of sp³-hybridized carbons (Fsp3) is 0.143. The van der Waals surface area contributed by atoms with Crippen LogP contribution in [0.25, 0.3) is 5.69 Å². The van der Waals surface area contributed by atoms with Gasteiger partial charge < -0.3 is 10.2 Å². The molecule has 108 valence electrons. The van der Waals surface area contributed by atoms with Crippen molar-refractivity contribution in [1.29, 1.82) is 0 Å². The lowest BCUT2D eigenvalue weighted by Gasteiger charge is -2.07. The Morgan fingerprint density at radius 3 is 2.00 bits per heavy atom. The van der Waals surface area contributed by atoms with E-state index in [0.29, 0.717) is 23.2 Å². The summed E-state index contributed by atoms with van der Waals surface area (Å²) in [6.07, 6.45) is 0.660. The lowest BCUT2D eigenvalue weighted by atomic mass is 10.1. The molecule has 7 nitrogen and oxygen atoms in total. The van der Waals surface area contributed by atoms with Crippen LogP contribution < -0.4 is 0 Å². The van der Waals surface area contributed by atoms with E-state index in [0.717, 1.165) is 6.07 Å². The van der Waals surface area contributed by atoms with Crippen LogP contribution in [0.5, 0.6) is 0 Å². The van der Waals surface area contributed by atoms with Gasteiger partial charge in [-0.1, -0.05) is 0 Å². The normalized spacial score (nSPS) is 10.4. The molecule has 0 amide bonds. The van der Waals surface area contributed by atoms with E-state index < -0.39 is 11.9 Å². The molecule has 0 unspecified atom stereocenters. The zero-order valence-electron chi connectivity index (χ0n) is 11.3. The van der Waals surface area contributed by atoms with Crippen LogP contribution in [0.15, 0.2) is 18.2 Å². The van der Waals surface area contributed by atoms with Gasteiger partial charge in [0.25, 0.3) is 0 Å². The van der Waals surface area contributed by atoms with Crippen LogP contribution in [-0.4, -0.2) is 38.2 Å². The highest BCUT2D eigenvalue weighted by molar-refractivity contribution is 5.94. The van der Waals surface area contributed by atoms with Gasteiger partial charge in [0, 0.05) is 0 Å². The Labute approximate surface area is 119 Å². The minimum atomic E-state index is -1.24. The molecule has 0 spiro atoms. The number of nitrogens with zero attached hydrogens (tertiary/aromatic N) is 2. The van der Waals surface area contributed by atoms with Gasteiger partial charge in [-0.3, -0.25) is 4.79 Å². The number of aromatic carboxylic acids is 2. The van der Waals surface area contributed by atoms with Gasteiger partial charge in [0.05, 0.1) is 33.8 Å². The van der Waals surface area contributed by atoms with Crippen molar-refractivity contribution in [3.8, 4) is 5.69 Å². The number of hydrogen-bond donors (Lipinski definition) is 2. The molecule has 1 heterocycles. The smallest absolute Gasteiger partial charge is 0.335 e. The molecule has 2 rings (SSSR count). The van der Waals surface area contributed by atoms with Gasteiger partial charge in [0.15, 0.2) is 6.29 Å². The molecule has 0 radical (unpaired) electrons. The van der Waals surface area contributed by atoms with Crippen LogP contribution in [0.2, 0.25) is 0 Å². The molecule has 0 bridgehead atoms. The first-order valence-corrected chi connectivity index (χ1v) is 5.98. The van der Waals surface area contributed by atoms with E-state index in [-0.39, 0.29) is 16.8 Å². The summed E-state index contributed by atoms with van der Waals surface area (Å²) in [6, 6.07) is 3.69. The number of rotatable bonds is 4. The molecule has 1 aromatic heterocycles. The van der Waals surface area contributed by atoms with Gasteiger partial charge >= 0.3 is 11.9 Å². The van der Waals surface area contributed by atoms with Crippen LogP contribution in [0, 0.1) is 13.8 Å². The number of aryl methyl sites for hydroxylation is 1. The zero-order chi connectivity index (χ0) is 15.7. The number of aromatic nitrogens is 2. The monoisotopic (exact) mass is 288 g/mol. The number of hydrogen-bond acceptors (Lipinski definition) is 4. The van der Waals surface area contributed by atoms with Crippen molar-refractivity contribution >= 4 is 18.2 Å². The zero-order valence-corrected chi connectivity index (χ0v) is 11.3. The molecule has 2 N–H and O–H groups in total. The van der Waals surface area contributed by atoms with E-state index in [1.807, 2.05) is 0 Å². The van der Waals surface area contributed by atoms with Gasteiger partial charge in [-0.05, 0) is 32.0 Å². The maximum atomic E-state index is 11.1. The first-order valence-electron chi connectivity index (χ1n) is 5.98. The lowest BCUT2D eigenvalue weighted by molar-refractivity contribution is 0.0696. The van der Waals surface area contributed by atoms with Gasteiger partial charge in [-0.25, -0.2) is 14.3 Å². The lowest BCUT2D eigenvalue weighted by Crippen LogP contribution is -2.07. The molecule has 0 saturated carbocycles. The first kappa shape index (κ1) is 14.4. The molecule has 0 aliphatic heterocycles. The molecule has 0 saturated heterocycles. The van der Waals surface area contributed by atoms with Crippen molar-refractivity contribution in [2.24, 2.45) is 0 Å². The number of benzene rings is 1. The Morgan fingerprint density at radius 2 is 1.62 bits per heavy atom. The Hall–Kier alpha value is -2.96. The highest BCUT2D eigenvalue weighted by atomic mass is 16.4. The SMILES string of the molecule is Cc1nn(-c2cc(C(=O)O)cc(C(=O)O)c2)c(C)c1C=O. The van der Waals surface area contributed by atoms with Crippen LogP contribution in [-0.2, 0) is 0 Å². The van der Waals surface area contributed by atoms with Crippen LogP contribution >= 0.6 is 0 Å². The first-order chi connectivity index (χ1) is 9.85. The van der Waals surface area contributed by atoms with E-state index in [4.69, 9.17) is 10.2 Å². The van der Waals surface area contributed by atoms with Crippen LogP contribution in [0.1, 0.15) is 42.5 Å². The number of aldehydes is 1. The second kappa shape index (κ2) is 5.20. The third-order valence-corrected chi connectivity index (χ3v) is 3.12. The van der Waals surface area contributed by atoms with Crippen molar-refractivity contribution in [3.63, 3.8) is 0 Å². The number of carboxylic acid groups (broad SMARTS) is 2. The molecule has 0 aliphatic carbocycles. The molecular weight excluding hydrogens is 276 g/mol. The molecule has 0 fully saturated rings. The standard InChI is InChI=1S/C14H12N2O5/c1-7-12(6-17)8(2)16(15-7)11-4-9(13(18)19)3-10(5-11)14(20)21/h3-6H,1-2H3,(H,18,19)(H,20,21). The molecule has 7 heteroatoms. The summed E-state index contributed by atoms with van der Waals surface area (Å²) in [4.78, 5) is 33.2. The molecule has 21 heavy (non-hydrogen) atoms. The van der Waals surface area contributed by atoms with Crippen molar-refractivity contribution in [2.75, 3.05) is 0 Å². The second-order valence-electron chi connectivity index (χ2n) is 4.49. The van der Waals surface area contributed by atoms with E-state index in [2.05, 4.69) is 5.10 Å². The van der Waals surface area contributed by atoms with Crippen molar-refractivity contribution in [2.45, 2.75) is 13.8 Å². The van der Waals surface area contributed by atoms with Crippen LogP contribution in [0.4, 0.5) is 0 Å². The summed E-state index contributed by atoms with van der Waals surface area (Å²) in [5.41, 5.74) is 1.35. The highest BCUT2D eigenvalue weighted by Gasteiger charge is 2.16.